The van der Waals surface area contributed by atoms with Gasteiger partial charge in [0.05, 0.1) is 11.0 Å². The summed E-state index contributed by atoms with van der Waals surface area (Å²) in [5, 5.41) is 3.08. The van der Waals surface area contributed by atoms with E-state index in [1.54, 1.807) is 4.57 Å². The molecule has 2 aromatic heterocycles. The van der Waals surface area contributed by atoms with E-state index in [0.717, 1.165) is 28.3 Å². The van der Waals surface area contributed by atoms with Crippen LogP contribution in [-0.2, 0) is 17.8 Å². The zero-order valence-electron chi connectivity index (χ0n) is 17.6. The van der Waals surface area contributed by atoms with Gasteiger partial charge in [-0.2, -0.15) is 0 Å². The van der Waals surface area contributed by atoms with E-state index in [0.29, 0.717) is 24.9 Å². The second-order valence-electron chi connectivity index (χ2n) is 7.95. The fraction of sp³-hybridized carbons (Fsp3) is 0.280. The van der Waals surface area contributed by atoms with E-state index in [-0.39, 0.29) is 17.5 Å². The number of aromatic nitrogens is 2. The van der Waals surface area contributed by atoms with Gasteiger partial charge in [0.1, 0.15) is 5.52 Å². The molecule has 4 rings (SSSR count). The standard InChI is InChI=1S/C25H26BrN3O2/c1-18(11-12-19-7-3-2-4-8-19)27-24(30)10-6-16-29-23-17-20(26)13-14-21(23)28-15-5-9-22(28)25(29)31/h2-5,7-9,13-15,17-18H,6,10-12,16H2,1H3,(H,27,30)/t18-/m0/s1. The van der Waals surface area contributed by atoms with Gasteiger partial charge in [-0.3, -0.25) is 9.59 Å². The van der Waals surface area contributed by atoms with Crippen LogP contribution in [0.15, 0.2) is 76.1 Å². The van der Waals surface area contributed by atoms with Crippen molar-refractivity contribution in [2.45, 2.75) is 45.2 Å². The SMILES string of the molecule is C[C@@H](CCc1ccccc1)NC(=O)CCCn1c(=O)c2cccn2c2ccc(Br)cc21. The molecule has 0 aliphatic rings. The van der Waals surface area contributed by atoms with E-state index in [1.165, 1.54) is 5.56 Å². The normalized spacial score (nSPS) is 12.3. The molecule has 1 amide bonds. The van der Waals surface area contributed by atoms with Crippen molar-refractivity contribution in [1.29, 1.82) is 0 Å². The molecular formula is C25H26BrN3O2. The topological polar surface area (TPSA) is 55.5 Å². The maximum Gasteiger partial charge on any atom is 0.275 e. The van der Waals surface area contributed by atoms with Gasteiger partial charge in [0.25, 0.3) is 5.56 Å². The van der Waals surface area contributed by atoms with Crippen LogP contribution in [0.2, 0.25) is 0 Å². The number of fused-ring (bicyclic) bond motifs is 3. The summed E-state index contributed by atoms with van der Waals surface area (Å²) in [4.78, 5) is 25.4. The molecule has 0 bridgehead atoms. The number of nitrogens with one attached hydrogen (secondary N) is 1. The van der Waals surface area contributed by atoms with Crippen LogP contribution < -0.4 is 10.9 Å². The van der Waals surface area contributed by atoms with Gasteiger partial charge in [-0.25, -0.2) is 0 Å². The predicted octanol–water partition coefficient (Wildman–Crippen LogP) is 4.93. The fourth-order valence-corrected chi connectivity index (χ4v) is 4.35. The van der Waals surface area contributed by atoms with Gasteiger partial charge in [-0.1, -0.05) is 46.3 Å². The van der Waals surface area contributed by atoms with Gasteiger partial charge in [0.15, 0.2) is 0 Å². The fourth-order valence-electron chi connectivity index (χ4n) is 4.00. The number of aryl methyl sites for hydroxylation is 2. The van der Waals surface area contributed by atoms with Gasteiger partial charge >= 0.3 is 0 Å². The Morgan fingerprint density at radius 3 is 2.65 bits per heavy atom. The number of halogens is 1. The summed E-state index contributed by atoms with van der Waals surface area (Å²) in [6.07, 6.45) is 4.75. The highest BCUT2D eigenvalue weighted by Gasteiger charge is 2.12. The maximum atomic E-state index is 13.0. The molecule has 0 unspecified atom stereocenters. The number of benzene rings is 2. The first-order valence-corrected chi connectivity index (χ1v) is 11.4. The summed E-state index contributed by atoms with van der Waals surface area (Å²) < 4.78 is 4.62. The minimum absolute atomic E-state index is 0.0304. The minimum Gasteiger partial charge on any atom is -0.354 e. The number of nitrogens with zero attached hydrogens (tertiary/aromatic N) is 2. The molecule has 2 aromatic carbocycles. The summed E-state index contributed by atoms with van der Waals surface area (Å²) in [6.45, 7) is 2.54. The van der Waals surface area contributed by atoms with E-state index in [1.807, 2.05) is 66.1 Å². The molecule has 0 aliphatic carbocycles. The Labute approximate surface area is 189 Å². The first kappa shape index (κ1) is 21.4. The lowest BCUT2D eigenvalue weighted by Gasteiger charge is -2.15. The zero-order chi connectivity index (χ0) is 21.8. The van der Waals surface area contributed by atoms with Crippen LogP contribution in [0, 0.1) is 0 Å². The van der Waals surface area contributed by atoms with Gasteiger partial charge in [0, 0.05) is 29.7 Å². The Morgan fingerprint density at radius 1 is 1.03 bits per heavy atom. The van der Waals surface area contributed by atoms with E-state index in [2.05, 4.69) is 33.4 Å². The first-order chi connectivity index (χ1) is 15.0. The summed E-state index contributed by atoms with van der Waals surface area (Å²) in [6, 6.07) is 20.1. The molecule has 5 nitrogen and oxygen atoms in total. The Bertz CT molecular complexity index is 1260. The highest BCUT2D eigenvalue weighted by Crippen LogP contribution is 2.20. The van der Waals surface area contributed by atoms with Gasteiger partial charge in [-0.15, -0.1) is 0 Å². The van der Waals surface area contributed by atoms with Crippen LogP contribution in [0.1, 0.15) is 31.7 Å². The lowest BCUT2D eigenvalue weighted by Crippen LogP contribution is -2.33. The summed E-state index contributed by atoms with van der Waals surface area (Å²) in [5.74, 6) is 0.0304. The molecular weight excluding hydrogens is 454 g/mol. The van der Waals surface area contributed by atoms with Crippen molar-refractivity contribution in [2.24, 2.45) is 0 Å². The Kier molecular flexibility index (Phi) is 6.56. The maximum absolute atomic E-state index is 13.0. The van der Waals surface area contributed by atoms with Crippen molar-refractivity contribution in [3.05, 3.63) is 87.3 Å². The largest absolute Gasteiger partial charge is 0.354 e. The molecule has 0 radical (unpaired) electrons. The highest BCUT2D eigenvalue weighted by atomic mass is 79.9. The van der Waals surface area contributed by atoms with Crippen LogP contribution >= 0.6 is 15.9 Å². The number of carbonyl (C=O) groups is 1. The monoisotopic (exact) mass is 479 g/mol. The quantitative estimate of drug-likeness (QED) is 0.389. The lowest BCUT2D eigenvalue weighted by molar-refractivity contribution is -0.121. The van der Waals surface area contributed by atoms with Crippen molar-refractivity contribution in [1.82, 2.24) is 14.3 Å². The highest BCUT2D eigenvalue weighted by molar-refractivity contribution is 9.10. The molecule has 2 heterocycles. The van der Waals surface area contributed by atoms with Gasteiger partial charge < -0.3 is 14.3 Å². The third-order valence-electron chi connectivity index (χ3n) is 5.60. The molecule has 1 N–H and O–H groups in total. The Hall–Kier alpha value is -2.86. The smallest absolute Gasteiger partial charge is 0.275 e. The number of amides is 1. The first-order valence-electron chi connectivity index (χ1n) is 10.7. The van der Waals surface area contributed by atoms with Crippen LogP contribution in [0.4, 0.5) is 0 Å². The van der Waals surface area contributed by atoms with Crippen LogP contribution in [0.3, 0.4) is 0 Å². The number of carbonyl (C=O) groups excluding carboxylic acids is 1. The van der Waals surface area contributed by atoms with Gasteiger partial charge in [0.2, 0.25) is 5.91 Å². The van der Waals surface area contributed by atoms with Crippen LogP contribution in [0.25, 0.3) is 16.6 Å². The van der Waals surface area contributed by atoms with Crippen molar-refractivity contribution in [2.75, 3.05) is 0 Å². The van der Waals surface area contributed by atoms with Crippen LogP contribution in [-0.4, -0.2) is 20.9 Å². The predicted molar refractivity (Wildman–Crippen MR) is 128 cm³/mol. The van der Waals surface area contributed by atoms with Crippen LogP contribution in [0.5, 0.6) is 0 Å². The molecule has 0 saturated carbocycles. The van der Waals surface area contributed by atoms with Crippen molar-refractivity contribution in [3.8, 4) is 0 Å². The van der Waals surface area contributed by atoms with E-state index < -0.39 is 0 Å². The molecule has 160 valence electrons. The Morgan fingerprint density at radius 2 is 1.84 bits per heavy atom. The lowest BCUT2D eigenvalue weighted by atomic mass is 10.1. The molecule has 31 heavy (non-hydrogen) atoms. The molecule has 0 aliphatic heterocycles. The zero-order valence-corrected chi connectivity index (χ0v) is 19.1. The van der Waals surface area contributed by atoms with Crippen molar-refractivity contribution in [3.63, 3.8) is 0 Å². The average Bonchev–Trinajstić information content (AvgIpc) is 3.25. The molecule has 6 heteroatoms. The Balaban J connectivity index is 1.39. The van der Waals surface area contributed by atoms with Gasteiger partial charge in [-0.05, 0) is 62.1 Å². The second kappa shape index (κ2) is 9.52. The van der Waals surface area contributed by atoms with E-state index in [9.17, 15) is 9.59 Å². The number of hydrogen-bond donors (Lipinski definition) is 1. The van der Waals surface area contributed by atoms with E-state index in [4.69, 9.17) is 0 Å². The molecule has 0 saturated heterocycles. The third-order valence-corrected chi connectivity index (χ3v) is 6.10. The van der Waals surface area contributed by atoms with E-state index >= 15 is 0 Å². The summed E-state index contributed by atoms with van der Waals surface area (Å²) in [7, 11) is 0. The number of rotatable bonds is 8. The summed E-state index contributed by atoms with van der Waals surface area (Å²) >= 11 is 3.51. The molecule has 0 spiro atoms. The number of hydrogen-bond acceptors (Lipinski definition) is 2. The third kappa shape index (κ3) is 4.90. The minimum atomic E-state index is -0.0350. The molecule has 1 atom stereocenters. The summed E-state index contributed by atoms with van der Waals surface area (Å²) in [5.41, 5.74) is 3.73. The van der Waals surface area contributed by atoms with Crippen molar-refractivity contribution < 1.29 is 4.79 Å². The second-order valence-corrected chi connectivity index (χ2v) is 8.87. The molecule has 0 fully saturated rings. The molecule has 4 aromatic rings. The van der Waals surface area contributed by atoms with Crippen molar-refractivity contribution >= 4 is 38.4 Å². The average molecular weight is 480 g/mol.